The normalized spacial score (nSPS) is 12.7. The zero-order chi connectivity index (χ0) is 22.5. The third-order valence-corrected chi connectivity index (χ3v) is 5.59. The molecule has 1 atom stereocenters. The van der Waals surface area contributed by atoms with Gasteiger partial charge in [-0.1, -0.05) is 6.07 Å². The number of nitro benzene ring substituents is 1. The van der Waals surface area contributed by atoms with Crippen molar-refractivity contribution < 1.29 is 27.2 Å². The minimum absolute atomic E-state index is 0.0613. The Morgan fingerprint density at radius 2 is 1.90 bits per heavy atom. The van der Waals surface area contributed by atoms with Gasteiger partial charge in [0.1, 0.15) is 17.3 Å². The highest BCUT2D eigenvalue weighted by atomic mass is 32.2. The second kappa shape index (κ2) is 9.89. The highest BCUT2D eigenvalue weighted by Crippen LogP contribution is 2.28. The number of aliphatic hydroxyl groups excluding tert-OH is 1. The highest BCUT2D eigenvalue weighted by molar-refractivity contribution is 7.89. The van der Waals surface area contributed by atoms with E-state index >= 15 is 0 Å². The first-order valence-electron chi connectivity index (χ1n) is 8.81. The van der Waals surface area contributed by atoms with Crippen molar-refractivity contribution in [2.45, 2.75) is 11.0 Å². The topological polar surface area (TPSA) is 125 Å². The molecular formula is C18H22F2N4O5S. The number of benzene rings is 2. The Labute approximate surface area is 172 Å². The first-order valence-corrected chi connectivity index (χ1v) is 10.3. The van der Waals surface area contributed by atoms with Crippen molar-refractivity contribution in [3.63, 3.8) is 0 Å². The van der Waals surface area contributed by atoms with Crippen molar-refractivity contribution in [1.82, 2.24) is 9.62 Å². The van der Waals surface area contributed by atoms with Gasteiger partial charge in [0, 0.05) is 37.3 Å². The number of nitrogens with one attached hydrogen (secondary N) is 2. The zero-order valence-electron chi connectivity index (χ0n) is 16.3. The van der Waals surface area contributed by atoms with E-state index in [1.165, 1.54) is 12.1 Å². The molecule has 0 saturated carbocycles. The molecule has 0 fully saturated rings. The summed E-state index contributed by atoms with van der Waals surface area (Å²) >= 11 is 0. The molecule has 3 N–H and O–H groups in total. The van der Waals surface area contributed by atoms with Gasteiger partial charge in [-0.15, -0.1) is 0 Å². The molecule has 164 valence electrons. The van der Waals surface area contributed by atoms with Gasteiger partial charge in [0.2, 0.25) is 10.0 Å². The molecule has 0 aliphatic heterocycles. The smallest absolute Gasteiger partial charge is 0.293 e. The van der Waals surface area contributed by atoms with Crippen LogP contribution in [0.4, 0.5) is 20.2 Å². The molecule has 0 heterocycles. The standard InChI is InChI=1S/C18H22F2N4O5S/c1-23(2)8-7-22-30(28,29)13-4-6-16(17(10-13)24(26)27)21-11-18(25)14-5-3-12(19)9-15(14)20/h3-6,9-10,18,21-22,25H,7-8,11H2,1-2H3. The number of rotatable bonds is 10. The van der Waals surface area contributed by atoms with E-state index in [1.807, 2.05) is 0 Å². The van der Waals surface area contributed by atoms with E-state index in [-0.39, 0.29) is 29.2 Å². The van der Waals surface area contributed by atoms with E-state index in [0.29, 0.717) is 12.6 Å². The number of nitrogens with zero attached hydrogens (tertiary/aromatic N) is 2. The van der Waals surface area contributed by atoms with E-state index in [9.17, 15) is 32.4 Å². The summed E-state index contributed by atoms with van der Waals surface area (Å²) < 4.78 is 53.8. The number of halogens is 2. The summed E-state index contributed by atoms with van der Waals surface area (Å²) in [5, 5.41) is 24.1. The molecule has 12 heteroatoms. The lowest BCUT2D eigenvalue weighted by molar-refractivity contribution is -0.384. The Kier molecular flexibility index (Phi) is 7.78. The Morgan fingerprint density at radius 1 is 1.20 bits per heavy atom. The van der Waals surface area contributed by atoms with Gasteiger partial charge in [0.25, 0.3) is 5.69 Å². The number of likely N-dealkylation sites (N-methyl/N-ethyl adjacent to an activating group) is 1. The Morgan fingerprint density at radius 3 is 2.50 bits per heavy atom. The number of nitro groups is 1. The van der Waals surface area contributed by atoms with Gasteiger partial charge in [-0.3, -0.25) is 10.1 Å². The van der Waals surface area contributed by atoms with Crippen LogP contribution in [0.3, 0.4) is 0 Å². The number of anilines is 1. The van der Waals surface area contributed by atoms with Gasteiger partial charge in [0.05, 0.1) is 15.9 Å². The van der Waals surface area contributed by atoms with Crippen molar-refractivity contribution in [2.75, 3.05) is 39.0 Å². The zero-order valence-corrected chi connectivity index (χ0v) is 17.1. The number of aliphatic hydroxyl groups is 1. The Hall–Kier alpha value is -2.67. The minimum atomic E-state index is -3.96. The van der Waals surface area contributed by atoms with Crippen LogP contribution in [0.2, 0.25) is 0 Å². The van der Waals surface area contributed by atoms with E-state index in [4.69, 9.17) is 0 Å². The maximum absolute atomic E-state index is 13.8. The molecule has 0 amide bonds. The molecule has 2 aromatic carbocycles. The van der Waals surface area contributed by atoms with Crippen LogP contribution in [0.25, 0.3) is 0 Å². The average Bonchev–Trinajstić information content (AvgIpc) is 2.65. The fraction of sp³-hybridized carbons (Fsp3) is 0.333. The summed E-state index contributed by atoms with van der Waals surface area (Å²) in [4.78, 5) is 12.1. The summed E-state index contributed by atoms with van der Waals surface area (Å²) in [7, 11) is -0.417. The Bertz CT molecular complexity index is 1020. The van der Waals surface area contributed by atoms with Crippen LogP contribution >= 0.6 is 0 Å². The van der Waals surface area contributed by atoms with Crippen molar-refractivity contribution in [3.8, 4) is 0 Å². The van der Waals surface area contributed by atoms with Crippen molar-refractivity contribution in [1.29, 1.82) is 0 Å². The van der Waals surface area contributed by atoms with E-state index in [0.717, 1.165) is 18.2 Å². The molecular weight excluding hydrogens is 422 g/mol. The van der Waals surface area contributed by atoms with Gasteiger partial charge in [-0.2, -0.15) is 0 Å². The SMILES string of the molecule is CN(C)CCNS(=O)(=O)c1ccc(NCC(O)c2ccc(F)cc2F)c([N+](=O)[O-])c1. The highest BCUT2D eigenvalue weighted by Gasteiger charge is 2.22. The van der Waals surface area contributed by atoms with E-state index in [2.05, 4.69) is 10.0 Å². The molecule has 2 rings (SSSR count). The second-order valence-corrected chi connectivity index (χ2v) is 8.47. The van der Waals surface area contributed by atoms with Gasteiger partial charge < -0.3 is 15.3 Å². The minimum Gasteiger partial charge on any atom is -0.386 e. The molecule has 0 spiro atoms. The van der Waals surface area contributed by atoms with Gasteiger partial charge in [-0.25, -0.2) is 21.9 Å². The molecule has 1 unspecified atom stereocenters. The Balaban J connectivity index is 2.18. The van der Waals surface area contributed by atoms with Gasteiger partial charge in [0.15, 0.2) is 0 Å². The first kappa shape index (κ1) is 23.6. The summed E-state index contributed by atoms with van der Waals surface area (Å²) in [6.45, 7) is 0.244. The van der Waals surface area contributed by atoms with Gasteiger partial charge >= 0.3 is 0 Å². The first-order chi connectivity index (χ1) is 14.0. The molecule has 0 aliphatic carbocycles. The fourth-order valence-electron chi connectivity index (χ4n) is 2.55. The van der Waals surface area contributed by atoms with E-state index in [1.54, 1.807) is 19.0 Å². The number of hydrogen-bond donors (Lipinski definition) is 3. The van der Waals surface area contributed by atoms with Crippen LogP contribution in [-0.2, 0) is 10.0 Å². The van der Waals surface area contributed by atoms with Crippen LogP contribution in [0.15, 0.2) is 41.3 Å². The number of hydrogen-bond acceptors (Lipinski definition) is 7. The van der Waals surface area contributed by atoms with Gasteiger partial charge in [-0.05, 0) is 32.3 Å². The quantitative estimate of drug-likeness (QED) is 0.377. The summed E-state index contributed by atoms with van der Waals surface area (Å²) in [5.41, 5.74) is -0.776. The summed E-state index contributed by atoms with van der Waals surface area (Å²) in [6.07, 6.45) is -1.42. The molecule has 0 aliphatic rings. The predicted octanol–water partition coefficient (Wildman–Crippen LogP) is 1.86. The maximum Gasteiger partial charge on any atom is 0.293 e. The lowest BCUT2D eigenvalue weighted by Gasteiger charge is -2.15. The molecule has 9 nitrogen and oxygen atoms in total. The van der Waals surface area contributed by atoms with Crippen LogP contribution < -0.4 is 10.0 Å². The third-order valence-electron chi connectivity index (χ3n) is 4.13. The lowest BCUT2D eigenvalue weighted by Crippen LogP contribution is -2.31. The largest absolute Gasteiger partial charge is 0.386 e. The molecule has 2 aromatic rings. The third kappa shape index (κ3) is 6.16. The predicted molar refractivity (Wildman–Crippen MR) is 107 cm³/mol. The van der Waals surface area contributed by atoms with Crippen molar-refractivity contribution in [2.24, 2.45) is 0 Å². The fourth-order valence-corrected chi connectivity index (χ4v) is 3.60. The van der Waals surface area contributed by atoms with Crippen LogP contribution in [-0.4, -0.2) is 57.1 Å². The van der Waals surface area contributed by atoms with E-state index < -0.39 is 38.4 Å². The second-order valence-electron chi connectivity index (χ2n) is 6.70. The monoisotopic (exact) mass is 444 g/mol. The van der Waals surface area contributed by atoms with Crippen LogP contribution in [0, 0.1) is 21.7 Å². The molecule has 0 saturated heterocycles. The summed E-state index contributed by atoms with van der Waals surface area (Å²) in [5.74, 6) is -1.76. The van der Waals surface area contributed by atoms with Crippen LogP contribution in [0.5, 0.6) is 0 Å². The van der Waals surface area contributed by atoms with Crippen molar-refractivity contribution in [3.05, 3.63) is 63.7 Å². The molecule has 0 aromatic heterocycles. The van der Waals surface area contributed by atoms with Crippen molar-refractivity contribution >= 4 is 21.4 Å². The molecule has 0 radical (unpaired) electrons. The van der Waals surface area contributed by atoms with Crippen LogP contribution in [0.1, 0.15) is 11.7 Å². The summed E-state index contributed by atoms with van der Waals surface area (Å²) in [6, 6.07) is 5.92. The number of sulfonamides is 1. The lowest BCUT2D eigenvalue weighted by atomic mass is 10.1. The maximum atomic E-state index is 13.8. The molecule has 30 heavy (non-hydrogen) atoms. The average molecular weight is 444 g/mol. The molecule has 0 bridgehead atoms.